The van der Waals surface area contributed by atoms with Crippen LogP contribution in [-0.2, 0) is 58.1 Å². The van der Waals surface area contributed by atoms with E-state index in [1.54, 1.807) is 142 Å². The highest BCUT2D eigenvalue weighted by Gasteiger charge is 2.41. The SMILES string of the molecule is Cc1cc(C(C)(C)C)c(OCCOC(=O)CCC(=O)OCCOC(=O)CCC(=O)OCC(C)Oc2c(C(C)(C)C)cc(C)c(C(=O)P(=O)(c3ccccc3)c3ccccc3)c2C)c(C)c1C(=O)P(=O)(c1ccccc1)c1ccccc1. The summed E-state index contributed by atoms with van der Waals surface area (Å²) in [5.41, 5.74) is 2.67. The molecule has 428 valence electrons. The van der Waals surface area contributed by atoms with Gasteiger partial charge in [0, 0.05) is 54.6 Å². The molecule has 0 aliphatic rings. The maximum absolute atomic E-state index is 15.1. The predicted octanol–water partition coefficient (Wildman–Crippen LogP) is 11.4. The van der Waals surface area contributed by atoms with Crippen molar-refractivity contribution in [3.05, 3.63) is 178 Å². The van der Waals surface area contributed by atoms with Crippen molar-refractivity contribution in [1.29, 1.82) is 0 Å². The van der Waals surface area contributed by atoms with Crippen LogP contribution >= 0.6 is 14.3 Å². The molecule has 0 radical (unpaired) electrons. The Hall–Kier alpha value is -7.40. The Morgan fingerprint density at radius 1 is 0.432 bits per heavy atom. The van der Waals surface area contributed by atoms with Gasteiger partial charge in [0.15, 0.2) is 0 Å². The van der Waals surface area contributed by atoms with Gasteiger partial charge >= 0.3 is 23.9 Å². The van der Waals surface area contributed by atoms with Gasteiger partial charge in [-0.2, -0.15) is 0 Å². The topological polar surface area (TPSA) is 192 Å². The number of ether oxygens (including phenoxy) is 6. The molecule has 1 unspecified atom stereocenters. The molecular formula is C65H74O14P2. The first-order valence-electron chi connectivity index (χ1n) is 27.0. The van der Waals surface area contributed by atoms with Crippen LogP contribution in [0, 0.1) is 27.7 Å². The number of rotatable bonds is 25. The zero-order valence-electron chi connectivity index (χ0n) is 48.3. The minimum Gasteiger partial charge on any atom is -0.489 e. The van der Waals surface area contributed by atoms with Gasteiger partial charge in [-0.05, 0) is 56.6 Å². The van der Waals surface area contributed by atoms with Crippen molar-refractivity contribution in [1.82, 2.24) is 0 Å². The van der Waals surface area contributed by atoms with E-state index < -0.39 is 66.1 Å². The summed E-state index contributed by atoms with van der Waals surface area (Å²) in [6, 6.07) is 38.7. The van der Waals surface area contributed by atoms with Crippen LogP contribution in [0.2, 0.25) is 0 Å². The number of aryl methyl sites for hydroxylation is 2. The fourth-order valence-corrected chi connectivity index (χ4v) is 14.6. The zero-order valence-corrected chi connectivity index (χ0v) is 50.0. The lowest BCUT2D eigenvalue weighted by atomic mass is 9.82. The fourth-order valence-electron chi connectivity index (χ4n) is 9.43. The molecule has 6 rings (SSSR count). The second kappa shape index (κ2) is 27.4. The van der Waals surface area contributed by atoms with E-state index in [0.29, 0.717) is 66.1 Å². The smallest absolute Gasteiger partial charge is 0.306 e. The van der Waals surface area contributed by atoms with Gasteiger partial charge in [0.1, 0.15) is 50.6 Å². The number of carbonyl (C=O) groups excluding carboxylic acids is 6. The van der Waals surface area contributed by atoms with Gasteiger partial charge in [-0.1, -0.05) is 175 Å². The van der Waals surface area contributed by atoms with E-state index in [0.717, 1.165) is 11.1 Å². The largest absolute Gasteiger partial charge is 0.489 e. The molecule has 0 spiro atoms. The van der Waals surface area contributed by atoms with Crippen LogP contribution in [0.4, 0.5) is 0 Å². The van der Waals surface area contributed by atoms with E-state index in [1.165, 1.54) is 0 Å². The molecule has 0 saturated heterocycles. The highest BCUT2D eigenvalue weighted by atomic mass is 31.2. The molecule has 0 heterocycles. The van der Waals surface area contributed by atoms with Crippen molar-refractivity contribution in [3.63, 3.8) is 0 Å². The van der Waals surface area contributed by atoms with E-state index in [2.05, 4.69) is 0 Å². The Morgan fingerprint density at radius 3 is 1.06 bits per heavy atom. The first-order valence-corrected chi connectivity index (χ1v) is 30.4. The molecule has 14 nitrogen and oxygen atoms in total. The molecule has 81 heavy (non-hydrogen) atoms. The number of benzene rings is 6. The highest BCUT2D eigenvalue weighted by Crippen LogP contribution is 2.51. The average Bonchev–Trinajstić information content (AvgIpc) is 3.52. The second-order valence-corrected chi connectivity index (χ2v) is 27.2. The van der Waals surface area contributed by atoms with Crippen molar-refractivity contribution in [2.24, 2.45) is 0 Å². The first-order chi connectivity index (χ1) is 38.3. The summed E-state index contributed by atoms with van der Waals surface area (Å²) in [4.78, 5) is 79.8. The Kier molecular flexibility index (Phi) is 21.2. The van der Waals surface area contributed by atoms with Crippen LogP contribution in [0.5, 0.6) is 11.5 Å². The minimum absolute atomic E-state index is 0.0713. The number of esters is 4. The van der Waals surface area contributed by atoms with Crippen LogP contribution in [0.3, 0.4) is 0 Å². The number of carbonyl (C=O) groups is 6. The Balaban J connectivity index is 0.938. The molecule has 0 aliphatic heterocycles. The third-order valence-corrected chi connectivity index (χ3v) is 19.3. The molecule has 0 fully saturated rings. The molecule has 6 aromatic carbocycles. The van der Waals surface area contributed by atoms with Crippen LogP contribution < -0.4 is 30.7 Å². The summed E-state index contributed by atoms with van der Waals surface area (Å²) in [6.07, 6.45) is -1.87. The Labute approximate surface area is 476 Å². The minimum atomic E-state index is -3.85. The molecule has 0 N–H and O–H groups in total. The zero-order chi connectivity index (χ0) is 59.3. The lowest BCUT2D eigenvalue weighted by molar-refractivity contribution is -0.155. The Bertz CT molecular complexity index is 3240. The summed E-state index contributed by atoms with van der Waals surface area (Å²) in [7, 11) is -7.69. The van der Waals surface area contributed by atoms with Gasteiger partial charge in [0.2, 0.25) is 25.3 Å². The van der Waals surface area contributed by atoms with E-state index in [4.69, 9.17) is 28.4 Å². The van der Waals surface area contributed by atoms with E-state index in [1.807, 2.05) is 67.5 Å². The monoisotopic (exact) mass is 1140 g/mol. The number of hydrogen-bond donors (Lipinski definition) is 0. The second-order valence-electron chi connectivity index (χ2n) is 21.9. The van der Waals surface area contributed by atoms with Gasteiger partial charge in [-0.15, -0.1) is 0 Å². The van der Waals surface area contributed by atoms with E-state index >= 15 is 9.13 Å². The standard InChI is InChI=1S/C65H74O14P2/c1-43-40-52(64(6,7)8)60(46(4)58(43)62(70)80(72,48-24-16-12-17-25-48)49-26-18-13-19-27-49)77-39-38-76-55(67)33-32-54(66)74-36-37-75-56(68)34-35-57(69)78-42-45(3)79-61-47(5)59(44(2)41-53(61)65(9,10)11)63(71)81(73,50-28-20-14-21-29-50)51-30-22-15-23-31-51/h12-31,40-41,45H,32-39,42H2,1-11H3. The van der Waals surface area contributed by atoms with Crippen LogP contribution in [-0.4, -0.2) is 74.1 Å². The quantitative estimate of drug-likeness (QED) is 0.0227. The molecule has 0 aliphatic carbocycles. The number of hydrogen-bond acceptors (Lipinski definition) is 14. The normalized spacial score (nSPS) is 12.2. The molecule has 6 aromatic rings. The lowest BCUT2D eigenvalue weighted by Crippen LogP contribution is -2.27. The van der Waals surface area contributed by atoms with E-state index in [9.17, 15) is 28.8 Å². The van der Waals surface area contributed by atoms with Crippen LogP contribution in [0.25, 0.3) is 0 Å². The maximum Gasteiger partial charge on any atom is 0.306 e. The molecule has 1 atom stereocenters. The summed E-state index contributed by atoms with van der Waals surface area (Å²) in [5.74, 6) is -1.94. The third-order valence-electron chi connectivity index (χ3n) is 13.6. The van der Waals surface area contributed by atoms with Gasteiger partial charge in [-0.3, -0.25) is 28.8 Å². The summed E-state index contributed by atoms with van der Waals surface area (Å²) >= 11 is 0. The van der Waals surface area contributed by atoms with Crippen LogP contribution in [0.15, 0.2) is 133 Å². The van der Waals surface area contributed by atoms with Crippen molar-refractivity contribution in [2.75, 3.05) is 33.0 Å². The van der Waals surface area contributed by atoms with Gasteiger partial charge in [-0.25, -0.2) is 0 Å². The molecule has 0 amide bonds. The maximum atomic E-state index is 15.1. The third kappa shape index (κ3) is 15.3. The summed E-state index contributed by atoms with van der Waals surface area (Å²) in [6.45, 7) is 20.0. The van der Waals surface area contributed by atoms with Crippen molar-refractivity contribution < 1.29 is 66.3 Å². The average molecular weight is 1140 g/mol. The van der Waals surface area contributed by atoms with E-state index in [-0.39, 0.29) is 58.7 Å². The van der Waals surface area contributed by atoms with Crippen molar-refractivity contribution in [3.8, 4) is 11.5 Å². The fraction of sp³-hybridized carbons (Fsp3) is 0.354. The van der Waals surface area contributed by atoms with Gasteiger partial charge < -0.3 is 37.6 Å². The lowest BCUT2D eigenvalue weighted by Gasteiger charge is -2.29. The van der Waals surface area contributed by atoms with Crippen LogP contribution in [0.1, 0.15) is 128 Å². The molecule has 0 bridgehead atoms. The van der Waals surface area contributed by atoms with Crippen molar-refractivity contribution >= 4 is 70.4 Å². The Morgan fingerprint density at radius 2 is 0.728 bits per heavy atom. The van der Waals surface area contributed by atoms with Gasteiger partial charge in [0.05, 0.1) is 25.7 Å². The molecule has 0 aromatic heterocycles. The molecular weight excluding hydrogens is 1070 g/mol. The molecule has 16 heteroatoms. The predicted molar refractivity (Wildman–Crippen MR) is 315 cm³/mol. The summed E-state index contributed by atoms with van der Waals surface area (Å²) in [5, 5.41) is 1.67. The van der Waals surface area contributed by atoms with Gasteiger partial charge in [0.25, 0.3) is 0 Å². The first kappa shape index (κ1) is 62.8. The van der Waals surface area contributed by atoms with Crippen molar-refractivity contribution in [2.45, 2.75) is 119 Å². The molecule has 0 saturated carbocycles. The highest BCUT2D eigenvalue weighted by molar-refractivity contribution is 7.94. The summed E-state index contributed by atoms with van der Waals surface area (Å²) < 4.78 is 64.0.